The van der Waals surface area contributed by atoms with Crippen molar-refractivity contribution in [2.75, 3.05) is 7.11 Å². The van der Waals surface area contributed by atoms with E-state index in [-0.39, 0.29) is 5.84 Å². The minimum absolute atomic E-state index is 0.250. The van der Waals surface area contributed by atoms with Gasteiger partial charge in [-0.15, -0.1) is 0 Å². The summed E-state index contributed by atoms with van der Waals surface area (Å²) in [6, 6.07) is 24.8. The largest absolute Gasteiger partial charge is 0.497 e. The second-order valence-electron chi connectivity index (χ2n) is 7.79. The van der Waals surface area contributed by atoms with E-state index in [2.05, 4.69) is 15.5 Å². The van der Waals surface area contributed by atoms with Crippen molar-refractivity contribution in [3.63, 3.8) is 0 Å². The number of aryl methyl sites for hydroxylation is 1. The van der Waals surface area contributed by atoms with Crippen LogP contribution in [0.3, 0.4) is 0 Å². The van der Waals surface area contributed by atoms with Gasteiger partial charge in [-0.2, -0.15) is 0 Å². The Bertz CT molecular complexity index is 1510. The molecule has 7 nitrogen and oxygen atoms in total. The second kappa shape index (κ2) is 9.25. The third kappa shape index (κ3) is 4.29. The van der Waals surface area contributed by atoms with Crippen LogP contribution in [-0.4, -0.2) is 23.1 Å². The molecule has 0 radical (unpaired) electrons. The van der Waals surface area contributed by atoms with Crippen LogP contribution in [0.25, 0.3) is 21.9 Å². The molecule has 0 amide bonds. The predicted molar refractivity (Wildman–Crippen MR) is 131 cm³/mol. The molecule has 0 saturated carbocycles. The molecule has 0 fully saturated rings. The third-order valence-corrected chi connectivity index (χ3v) is 5.48. The van der Waals surface area contributed by atoms with Gasteiger partial charge in [-0.1, -0.05) is 30.3 Å². The molecule has 34 heavy (non-hydrogen) atoms. The van der Waals surface area contributed by atoms with Gasteiger partial charge in [0.05, 0.1) is 19.2 Å². The lowest BCUT2D eigenvalue weighted by Crippen LogP contribution is -2.21. The third-order valence-electron chi connectivity index (χ3n) is 5.48. The number of aromatic nitrogens is 1. The number of hydrogen-bond acceptors (Lipinski definition) is 6. The molecule has 0 atom stereocenters. The first-order valence-electron chi connectivity index (χ1n) is 10.8. The topological polar surface area (TPSA) is 89.1 Å². The van der Waals surface area contributed by atoms with Crippen molar-refractivity contribution in [3.05, 3.63) is 95.7 Å². The molecule has 2 N–H and O–H groups in total. The van der Waals surface area contributed by atoms with Gasteiger partial charge in [-0.3, -0.25) is 15.7 Å². The van der Waals surface area contributed by atoms with Crippen molar-refractivity contribution in [2.24, 2.45) is 4.99 Å². The number of methoxy groups -OCH3 is 1. The fourth-order valence-corrected chi connectivity index (χ4v) is 3.79. The zero-order valence-electron chi connectivity index (χ0n) is 18.8. The summed E-state index contributed by atoms with van der Waals surface area (Å²) in [6.07, 6.45) is 0. The van der Waals surface area contributed by atoms with Gasteiger partial charge in [0.25, 0.3) is 0 Å². The molecule has 0 spiro atoms. The van der Waals surface area contributed by atoms with Crippen LogP contribution in [0.2, 0.25) is 0 Å². The SMILES string of the molecule is COc1cccc(CN=C(NO)c2ccc(C)nc2Oc2ccc3oc4ccccc4c3c2)c1. The summed E-state index contributed by atoms with van der Waals surface area (Å²) < 4.78 is 17.4. The summed E-state index contributed by atoms with van der Waals surface area (Å²) in [5.41, 5.74) is 6.05. The fraction of sp³-hybridized carbons (Fsp3) is 0.111. The molecule has 0 aliphatic rings. The minimum Gasteiger partial charge on any atom is -0.497 e. The van der Waals surface area contributed by atoms with E-state index >= 15 is 0 Å². The molecule has 170 valence electrons. The van der Waals surface area contributed by atoms with Crippen LogP contribution < -0.4 is 15.0 Å². The highest BCUT2D eigenvalue weighted by Crippen LogP contribution is 2.33. The summed E-state index contributed by atoms with van der Waals surface area (Å²) in [7, 11) is 1.62. The lowest BCUT2D eigenvalue weighted by molar-refractivity contribution is 0.234. The molecule has 0 bridgehead atoms. The van der Waals surface area contributed by atoms with Gasteiger partial charge in [0.15, 0.2) is 5.84 Å². The van der Waals surface area contributed by atoms with E-state index < -0.39 is 0 Å². The van der Waals surface area contributed by atoms with Crippen molar-refractivity contribution in [2.45, 2.75) is 13.5 Å². The van der Waals surface area contributed by atoms with E-state index in [0.717, 1.165) is 38.9 Å². The monoisotopic (exact) mass is 453 g/mol. The first-order valence-corrected chi connectivity index (χ1v) is 10.8. The number of nitrogens with one attached hydrogen (secondary N) is 1. The summed E-state index contributed by atoms with van der Waals surface area (Å²) in [5, 5.41) is 11.8. The molecule has 0 aliphatic carbocycles. The Morgan fingerprint density at radius 1 is 0.941 bits per heavy atom. The first kappa shape index (κ1) is 21.5. The molecule has 0 unspecified atom stereocenters. The van der Waals surface area contributed by atoms with Crippen LogP contribution in [-0.2, 0) is 6.54 Å². The number of aliphatic imine (C=N–C) groups is 1. The van der Waals surface area contributed by atoms with Crippen LogP contribution in [0.5, 0.6) is 17.4 Å². The van der Waals surface area contributed by atoms with E-state index in [9.17, 15) is 5.21 Å². The number of fused-ring (bicyclic) bond motifs is 3. The van der Waals surface area contributed by atoms with E-state index in [0.29, 0.717) is 23.7 Å². The number of rotatable bonds is 6. The van der Waals surface area contributed by atoms with Gasteiger partial charge >= 0.3 is 0 Å². The molecular formula is C27H23N3O4. The highest BCUT2D eigenvalue weighted by molar-refractivity contribution is 6.05. The van der Waals surface area contributed by atoms with Gasteiger partial charge < -0.3 is 13.9 Å². The van der Waals surface area contributed by atoms with Crippen molar-refractivity contribution in [3.8, 4) is 17.4 Å². The molecule has 2 heterocycles. The number of hydroxylamine groups is 1. The normalized spacial score (nSPS) is 11.7. The number of furan rings is 1. The maximum absolute atomic E-state index is 9.85. The maximum atomic E-state index is 9.85. The summed E-state index contributed by atoms with van der Waals surface area (Å²) in [6.45, 7) is 2.21. The Kier molecular flexibility index (Phi) is 5.84. The van der Waals surface area contributed by atoms with Gasteiger partial charge in [-0.25, -0.2) is 4.98 Å². The summed E-state index contributed by atoms with van der Waals surface area (Å²) in [4.78, 5) is 9.09. The van der Waals surface area contributed by atoms with Crippen molar-refractivity contribution >= 4 is 27.8 Å². The molecular weight excluding hydrogens is 430 g/mol. The Morgan fingerprint density at radius 2 is 1.79 bits per heavy atom. The Hall–Kier alpha value is -4.36. The fourth-order valence-electron chi connectivity index (χ4n) is 3.79. The number of hydrogen-bond donors (Lipinski definition) is 2. The highest BCUT2D eigenvalue weighted by atomic mass is 16.5. The molecule has 5 aromatic rings. The molecule has 0 saturated heterocycles. The average Bonchev–Trinajstić information content (AvgIpc) is 3.23. The lowest BCUT2D eigenvalue weighted by atomic mass is 10.1. The molecule has 7 heteroatoms. The Balaban J connectivity index is 1.49. The minimum atomic E-state index is 0.250. The van der Waals surface area contributed by atoms with Gasteiger partial charge in [0, 0.05) is 16.5 Å². The average molecular weight is 453 g/mol. The van der Waals surface area contributed by atoms with Crippen LogP contribution in [0.4, 0.5) is 0 Å². The van der Waals surface area contributed by atoms with Gasteiger partial charge in [0.1, 0.15) is 22.7 Å². The highest BCUT2D eigenvalue weighted by Gasteiger charge is 2.15. The smallest absolute Gasteiger partial charge is 0.230 e. The van der Waals surface area contributed by atoms with Crippen LogP contribution in [0.1, 0.15) is 16.8 Å². The van der Waals surface area contributed by atoms with Crippen molar-refractivity contribution in [1.29, 1.82) is 0 Å². The van der Waals surface area contributed by atoms with Crippen LogP contribution in [0.15, 0.2) is 88.3 Å². The number of amidine groups is 1. The summed E-state index contributed by atoms with van der Waals surface area (Å²) >= 11 is 0. The zero-order chi connectivity index (χ0) is 23.5. The Labute approximate surface area is 196 Å². The number of ether oxygens (including phenoxy) is 2. The van der Waals surface area contributed by atoms with Gasteiger partial charge in [0.2, 0.25) is 5.88 Å². The quantitative estimate of drug-likeness (QED) is 0.186. The molecule has 3 aromatic carbocycles. The standard InChI is InChI=1S/C27H23N3O4/c1-17-10-12-22(26(30-31)28-16-18-6-5-7-19(14-18)32-2)27(29-17)33-20-11-13-25-23(15-20)21-8-3-4-9-24(21)34-25/h3-15,31H,16H2,1-2H3,(H,28,30). The van der Waals surface area contributed by atoms with Gasteiger partial charge in [-0.05, 0) is 61.0 Å². The van der Waals surface area contributed by atoms with E-state index in [4.69, 9.17) is 13.9 Å². The molecule has 5 rings (SSSR count). The maximum Gasteiger partial charge on any atom is 0.230 e. The number of nitrogens with zero attached hydrogens (tertiary/aromatic N) is 2. The van der Waals surface area contributed by atoms with Crippen molar-refractivity contribution < 1.29 is 19.1 Å². The number of pyridine rings is 1. The Morgan fingerprint density at radius 3 is 2.65 bits per heavy atom. The number of para-hydroxylation sites is 1. The van der Waals surface area contributed by atoms with E-state index in [1.165, 1.54) is 0 Å². The molecule has 0 aliphatic heterocycles. The first-order chi connectivity index (χ1) is 16.6. The van der Waals surface area contributed by atoms with E-state index in [1.807, 2.05) is 85.8 Å². The number of benzene rings is 3. The molecule has 2 aromatic heterocycles. The summed E-state index contributed by atoms with van der Waals surface area (Å²) in [5.74, 6) is 1.93. The van der Waals surface area contributed by atoms with Crippen LogP contribution in [0, 0.1) is 6.92 Å². The van der Waals surface area contributed by atoms with Crippen LogP contribution >= 0.6 is 0 Å². The lowest BCUT2D eigenvalue weighted by Gasteiger charge is -2.12. The zero-order valence-corrected chi connectivity index (χ0v) is 18.8. The predicted octanol–water partition coefficient (Wildman–Crippen LogP) is 6.02. The second-order valence-corrected chi connectivity index (χ2v) is 7.79. The van der Waals surface area contributed by atoms with Crippen molar-refractivity contribution in [1.82, 2.24) is 10.5 Å². The van der Waals surface area contributed by atoms with E-state index in [1.54, 1.807) is 7.11 Å².